The number of piperazine rings is 1. The molecular formula is C27H26N6O4S. The monoisotopic (exact) mass is 530 g/mol. The van der Waals surface area contributed by atoms with Crippen molar-refractivity contribution < 1.29 is 19.5 Å². The number of likely N-dealkylation sites (N-methyl/N-ethyl adjacent to an activating group) is 1. The third-order valence-corrected chi connectivity index (χ3v) is 7.39. The van der Waals surface area contributed by atoms with Crippen LogP contribution in [0.5, 0.6) is 0 Å². The molecule has 2 aliphatic heterocycles. The molecule has 2 N–H and O–H groups in total. The summed E-state index contributed by atoms with van der Waals surface area (Å²) < 4.78 is 0. The number of hydrogen-bond acceptors (Lipinski definition) is 8. The second-order valence-corrected chi connectivity index (χ2v) is 10.1. The molecule has 0 atom stereocenters. The van der Waals surface area contributed by atoms with E-state index in [1.165, 1.54) is 30.2 Å². The van der Waals surface area contributed by atoms with Crippen LogP contribution in [0, 0.1) is 0 Å². The molecule has 2 aromatic carbocycles. The first-order valence-electron chi connectivity index (χ1n) is 12.0. The molecule has 3 aromatic rings. The van der Waals surface area contributed by atoms with Crippen molar-refractivity contribution in [1.82, 2.24) is 14.9 Å². The quantitative estimate of drug-likeness (QED) is 0.376. The zero-order chi connectivity index (χ0) is 26.8. The van der Waals surface area contributed by atoms with Crippen LogP contribution in [0.15, 0.2) is 64.7 Å². The topological polar surface area (TPSA) is 119 Å². The van der Waals surface area contributed by atoms with E-state index in [-0.39, 0.29) is 23.3 Å². The number of amides is 2. The number of carboxylic acids is 1. The Kier molecular flexibility index (Phi) is 7.12. The zero-order valence-electron chi connectivity index (χ0n) is 20.9. The first kappa shape index (κ1) is 25.4. The lowest BCUT2D eigenvalue weighted by Gasteiger charge is -2.34. The van der Waals surface area contributed by atoms with Crippen LogP contribution in [0.1, 0.15) is 22.8 Å². The van der Waals surface area contributed by atoms with Crippen LogP contribution in [0.3, 0.4) is 0 Å². The van der Waals surface area contributed by atoms with E-state index in [2.05, 4.69) is 32.1 Å². The van der Waals surface area contributed by atoms with E-state index in [1.807, 2.05) is 24.3 Å². The molecule has 2 amide bonds. The minimum absolute atomic E-state index is 0.163. The number of aromatic carboxylic acids is 1. The normalized spacial score (nSPS) is 16.6. The first-order chi connectivity index (χ1) is 18.3. The number of carboxylic acid groups (broad SMARTS) is 1. The molecule has 0 bridgehead atoms. The maximum atomic E-state index is 12.7. The van der Waals surface area contributed by atoms with E-state index in [0.29, 0.717) is 26.9 Å². The maximum Gasteiger partial charge on any atom is 0.335 e. The van der Waals surface area contributed by atoms with Gasteiger partial charge in [-0.15, -0.1) is 0 Å². The first-order valence-corrected chi connectivity index (χ1v) is 12.9. The third-order valence-electron chi connectivity index (χ3n) is 6.37. The highest BCUT2D eigenvalue weighted by Crippen LogP contribution is 2.39. The van der Waals surface area contributed by atoms with E-state index in [4.69, 9.17) is 5.11 Å². The summed E-state index contributed by atoms with van der Waals surface area (Å²) in [4.78, 5) is 51.8. The van der Waals surface area contributed by atoms with Gasteiger partial charge in [0.1, 0.15) is 5.03 Å². The summed E-state index contributed by atoms with van der Waals surface area (Å²) >= 11 is 1.16. The molecule has 0 radical (unpaired) electrons. The van der Waals surface area contributed by atoms with E-state index in [9.17, 15) is 14.4 Å². The largest absolute Gasteiger partial charge is 0.478 e. The van der Waals surface area contributed by atoms with Crippen LogP contribution in [-0.4, -0.2) is 71.0 Å². The Morgan fingerprint density at radius 3 is 2.37 bits per heavy atom. The Hall–Kier alpha value is -4.22. The summed E-state index contributed by atoms with van der Waals surface area (Å²) in [6, 6.07) is 14.0. The number of carbonyl (C=O) groups is 3. The van der Waals surface area contributed by atoms with Crippen molar-refractivity contribution >= 4 is 58.6 Å². The summed E-state index contributed by atoms with van der Waals surface area (Å²) in [5.74, 6) is -1.37. The molecule has 11 heteroatoms. The predicted octanol–water partition coefficient (Wildman–Crippen LogP) is 3.70. The van der Waals surface area contributed by atoms with Gasteiger partial charge in [0, 0.05) is 38.8 Å². The molecule has 0 unspecified atom stereocenters. The van der Waals surface area contributed by atoms with Gasteiger partial charge in [0.15, 0.2) is 0 Å². The number of nitrogens with one attached hydrogen (secondary N) is 1. The number of carbonyl (C=O) groups excluding carboxylic acids is 2. The lowest BCUT2D eigenvalue weighted by molar-refractivity contribution is -0.116. The Labute approximate surface area is 224 Å². The van der Waals surface area contributed by atoms with Gasteiger partial charge < -0.3 is 20.2 Å². The number of fused-ring (bicyclic) bond motifs is 1. The fraction of sp³-hybridized carbons (Fsp3) is 0.222. The molecular weight excluding hydrogens is 504 g/mol. The van der Waals surface area contributed by atoms with E-state index in [1.54, 1.807) is 18.2 Å². The standard InChI is InChI=1S/C27H26N6O4S/c1-17(34)33(21-9-7-20(8-10-21)32-13-11-31(2)12-14-32)27-28-16-22-25(30-27)38-23(24(35)29-22)15-18-3-5-19(6-4-18)26(36)37/h3-10,15-16H,11-14H2,1-2H3,(H,29,35)(H,36,37)/b23-15+. The van der Waals surface area contributed by atoms with Crippen molar-refractivity contribution in [2.45, 2.75) is 11.9 Å². The number of nitrogens with zero attached hydrogens (tertiary/aromatic N) is 5. The average Bonchev–Trinajstić information content (AvgIpc) is 2.90. The second kappa shape index (κ2) is 10.6. The van der Waals surface area contributed by atoms with Crippen molar-refractivity contribution in [3.8, 4) is 0 Å². The van der Waals surface area contributed by atoms with Gasteiger partial charge in [0.2, 0.25) is 11.9 Å². The fourth-order valence-corrected chi connectivity index (χ4v) is 5.13. The molecule has 5 rings (SSSR count). The van der Waals surface area contributed by atoms with Gasteiger partial charge in [-0.2, -0.15) is 0 Å². The Balaban J connectivity index is 1.39. The Morgan fingerprint density at radius 2 is 1.74 bits per heavy atom. The average molecular weight is 531 g/mol. The minimum Gasteiger partial charge on any atom is -0.478 e. The number of aromatic nitrogens is 2. The van der Waals surface area contributed by atoms with Crippen LogP contribution in [-0.2, 0) is 9.59 Å². The lowest BCUT2D eigenvalue weighted by Crippen LogP contribution is -2.44. The third kappa shape index (κ3) is 5.38. The highest BCUT2D eigenvalue weighted by molar-refractivity contribution is 8.04. The highest BCUT2D eigenvalue weighted by atomic mass is 32.2. The van der Waals surface area contributed by atoms with Crippen molar-refractivity contribution in [1.29, 1.82) is 0 Å². The maximum absolute atomic E-state index is 12.7. The van der Waals surface area contributed by atoms with Gasteiger partial charge in [0.05, 0.1) is 28.0 Å². The van der Waals surface area contributed by atoms with Gasteiger partial charge >= 0.3 is 5.97 Å². The van der Waals surface area contributed by atoms with Crippen molar-refractivity contribution in [3.05, 3.63) is 70.8 Å². The summed E-state index contributed by atoms with van der Waals surface area (Å²) in [6.07, 6.45) is 3.16. The van der Waals surface area contributed by atoms with Crippen molar-refractivity contribution in [2.24, 2.45) is 0 Å². The van der Waals surface area contributed by atoms with Gasteiger partial charge in [-0.25, -0.2) is 19.7 Å². The molecule has 1 aromatic heterocycles. The van der Waals surface area contributed by atoms with Crippen molar-refractivity contribution in [3.63, 3.8) is 0 Å². The van der Waals surface area contributed by atoms with Crippen LogP contribution in [0.2, 0.25) is 0 Å². The molecule has 3 heterocycles. The molecule has 0 spiro atoms. The Morgan fingerprint density at radius 1 is 1.05 bits per heavy atom. The molecule has 2 aliphatic rings. The van der Waals surface area contributed by atoms with Gasteiger partial charge in [-0.3, -0.25) is 9.59 Å². The second-order valence-electron chi connectivity index (χ2n) is 9.04. The highest BCUT2D eigenvalue weighted by Gasteiger charge is 2.26. The Bertz CT molecular complexity index is 1420. The SMILES string of the molecule is CC(=O)N(c1ccc(N2CCN(C)CC2)cc1)c1ncc2c(n1)S/C(=C/c1ccc(C(=O)O)cc1)C(=O)N2. The summed E-state index contributed by atoms with van der Waals surface area (Å²) in [5.41, 5.74) is 3.04. The van der Waals surface area contributed by atoms with Crippen LogP contribution >= 0.6 is 11.8 Å². The van der Waals surface area contributed by atoms with E-state index in [0.717, 1.165) is 43.6 Å². The van der Waals surface area contributed by atoms with E-state index >= 15 is 0 Å². The van der Waals surface area contributed by atoms with Gasteiger partial charge in [-0.1, -0.05) is 23.9 Å². The van der Waals surface area contributed by atoms with Gasteiger partial charge in [0.25, 0.3) is 5.91 Å². The predicted molar refractivity (Wildman–Crippen MR) is 147 cm³/mol. The molecule has 0 aliphatic carbocycles. The number of hydrogen-bond donors (Lipinski definition) is 2. The number of benzene rings is 2. The molecule has 194 valence electrons. The smallest absolute Gasteiger partial charge is 0.335 e. The summed E-state index contributed by atoms with van der Waals surface area (Å²) in [5, 5.41) is 12.4. The van der Waals surface area contributed by atoms with Crippen molar-refractivity contribution in [2.75, 3.05) is 48.3 Å². The van der Waals surface area contributed by atoms with Crippen LogP contribution in [0.4, 0.5) is 23.0 Å². The number of rotatable bonds is 5. The summed E-state index contributed by atoms with van der Waals surface area (Å²) in [6.45, 7) is 5.36. The lowest BCUT2D eigenvalue weighted by atomic mass is 10.1. The zero-order valence-corrected chi connectivity index (χ0v) is 21.7. The molecule has 38 heavy (non-hydrogen) atoms. The molecule has 1 fully saturated rings. The van der Waals surface area contributed by atoms with E-state index < -0.39 is 5.97 Å². The number of anilines is 4. The van der Waals surface area contributed by atoms with Gasteiger partial charge in [-0.05, 0) is 55.1 Å². The molecule has 1 saturated heterocycles. The van der Waals surface area contributed by atoms with Crippen LogP contribution in [0.25, 0.3) is 6.08 Å². The molecule has 10 nitrogen and oxygen atoms in total. The van der Waals surface area contributed by atoms with Crippen LogP contribution < -0.4 is 15.1 Å². The fourth-order valence-electron chi connectivity index (χ4n) is 4.25. The minimum atomic E-state index is -1.02. The number of thioether (sulfide) groups is 1. The molecule has 0 saturated carbocycles. The summed E-state index contributed by atoms with van der Waals surface area (Å²) in [7, 11) is 2.12.